The molecular formula is C14H11F2NO4S. The van der Waals surface area contributed by atoms with Gasteiger partial charge in [0.15, 0.2) is 11.6 Å². The molecule has 2 aromatic rings. The molecule has 1 unspecified atom stereocenters. The van der Waals surface area contributed by atoms with Crippen LogP contribution in [0.4, 0.5) is 8.78 Å². The number of pyridine rings is 1. The summed E-state index contributed by atoms with van der Waals surface area (Å²) in [6, 6.07) is 0.430. The van der Waals surface area contributed by atoms with Crippen molar-refractivity contribution in [3.63, 3.8) is 0 Å². The molecule has 22 heavy (non-hydrogen) atoms. The second kappa shape index (κ2) is 4.98. The number of benzene rings is 1. The maximum absolute atomic E-state index is 13.7. The van der Waals surface area contributed by atoms with Gasteiger partial charge in [0.25, 0.3) is 0 Å². The molecule has 0 radical (unpaired) electrons. The normalized spacial score (nSPS) is 17.0. The van der Waals surface area contributed by atoms with Crippen LogP contribution in [0.15, 0.2) is 15.9 Å². The summed E-state index contributed by atoms with van der Waals surface area (Å²) in [5.41, 5.74) is -1.55. The summed E-state index contributed by atoms with van der Waals surface area (Å²) in [4.78, 5) is 23.7. The molecule has 0 saturated carbocycles. The van der Waals surface area contributed by atoms with Gasteiger partial charge in [-0.25, -0.2) is 9.18 Å². The molecule has 1 atom stereocenters. The van der Waals surface area contributed by atoms with Crippen LogP contribution >= 0.6 is 11.8 Å². The monoisotopic (exact) mass is 327 g/mol. The Kier molecular flexibility index (Phi) is 3.36. The van der Waals surface area contributed by atoms with Crippen LogP contribution in [0.1, 0.15) is 29.7 Å². The van der Waals surface area contributed by atoms with Gasteiger partial charge in [0, 0.05) is 11.8 Å². The van der Waals surface area contributed by atoms with Crippen LogP contribution in [0.2, 0.25) is 0 Å². The number of aromatic nitrogens is 1. The number of phenolic OH excluding ortho intramolecular Hbond substituents is 1. The number of carboxylic acids is 1. The van der Waals surface area contributed by atoms with Crippen LogP contribution in [0.5, 0.6) is 5.75 Å². The lowest BCUT2D eigenvalue weighted by Gasteiger charge is -2.18. The highest BCUT2D eigenvalue weighted by Gasteiger charge is 2.33. The molecule has 8 heteroatoms. The molecule has 2 N–H and O–H groups in total. The van der Waals surface area contributed by atoms with Crippen molar-refractivity contribution in [2.45, 2.75) is 24.4 Å². The van der Waals surface area contributed by atoms with E-state index in [2.05, 4.69) is 0 Å². The Hall–Kier alpha value is -2.09. The third-order valence-corrected chi connectivity index (χ3v) is 5.00. The van der Waals surface area contributed by atoms with Crippen molar-refractivity contribution < 1.29 is 23.8 Å². The number of hydrogen-bond donors (Lipinski definition) is 2. The highest BCUT2D eigenvalue weighted by Crippen LogP contribution is 2.42. The minimum Gasteiger partial charge on any atom is -0.503 e. The van der Waals surface area contributed by atoms with E-state index in [9.17, 15) is 28.6 Å². The Morgan fingerprint density at radius 1 is 1.50 bits per heavy atom. The Balaban J connectivity index is 2.60. The maximum Gasteiger partial charge on any atom is 0.342 e. The molecular weight excluding hydrogens is 316 g/mol. The Bertz CT molecular complexity index is 878. The van der Waals surface area contributed by atoms with Crippen molar-refractivity contribution in [3.05, 3.63) is 33.5 Å². The van der Waals surface area contributed by atoms with E-state index in [0.717, 1.165) is 11.8 Å². The van der Waals surface area contributed by atoms with Crippen molar-refractivity contribution in [2.24, 2.45) is 0 Å². The highest BCUT2D eigenvalue weighted by atomic mass is 32.2. The number of rotatable bonds is 2. The summed E-state index contributed by atoms with van der Waals surface area (Å²) in [5.74, 6) is -4.74. The van der Waals surface area contributed by atoms with Crippen molar-refractivity contribution >= 4 is 28.6 Å². The lowest BCUT2D eigenvalue weighted by molar-refractivity contribution is 0.0690. The molecule has 0 fully saturated rings. The van der Waals surface area contributed by atoms with Crippen LogP contribution in [0, 0.1) is 11.6 Å². The van der Waals surface area contributed by atoms with E-state index in [1.54, 1.807) is 0 Å². The molecule has 3 rings (SSSR count). The fourth-order valence-corrected chi connectivity index (χ4v) is 4.14. The van der Waals surface area contributed by atoms with Crippen molar-refractivity contribution in [2.75, 3.05) is 5.75 Å². The molecule has 1 aliphatic rings. The number of aromatic carboxylic acids is 1. The van der Waals surface area contributed by atoms with Gasteiger partial charge in [-0.1, -0.05) is 6.92 Å². The summed E-state index contributed by atoms with van der Waals surface area (Å²) < 4.78 is 28.6. The van der Waals surface area contributed by atoms with E-state index < -0.39 is 34.3 Å². The lowest BCUT2D eigenvalue weighted by Crippen LogP contribution is -2.22. The Morgan fingerprint density at radius 3 is 2.77 bits per heavy atom. The van der Waals surface area contributed by atoms with E-state index in [4.69, 9.17) is 0 Å². The van der Waals surface area contributed by atoms with Gasteiger partial charge in [-0.3, -0.25) is 4.79 Å². The van der Waals surface area contributed by atoms with Crippen molar-refractivity contribution in [1.29, 1.82) is 0 Å². The van der Waals surface area contributed by atoms with Gasteiger partial charge in [0.1, 0.15) is 5.56 Å². The fraction of sp³-hybridized carbons (Fsp3) is 0.286. The van der Waals surface area contributed by atoms with Gasteiger partial charge in [-0.2, -0.15) is 4.39 Å². The standard InChI is InChI=1S/C14H11F2NO4S/c1-2-5-4-22-13-8(14(20)21)11(18)6-3-7(15)9(16)12(19)10(6)17(5)13/h3,5,19H,2,4H2,1H3,(H,20,21). The molecule has 0 spiro atoms. The number of aromatic hydroxyl groups is 1. The largest absolute Gasteiger partial charge is 0.503 e. The quantitative estimate of drug-likeness (QED) is 0.886. The first kappa shape index (κ1) is 14.8. The summed E-state index contributed by atoms with van der Waals surface area (Å²) >= 11 is 1.16. The summed E-state index contributed by atoms with van der Waals surface area (Å²) in [7, 11) is 0. The average molecular weight is 327 g/mol. The van der Waals surface area contributed by atoms with Crippen molar-refractivity contribution in [1.82, 2.24) is 4.57 Å². The zero-order chi connectivity index (χ0) is 16.2. The number of thioether (sulfide) groups is 1. The second-order valence-electron chi connectivity index (χ2n) is 4.97. The van der Waals surface area contributed by atoms with E-state index in [-0.39, 0.29) is 22.0 Å². The molecule has 1 aromatic carbocycles. The Morgan fingerprint density at radius 2 is 2.18 bits per heavy atom. The molecule has 1 aliphatic heterocycles. The topological polar surface area (TPSA) is 79.5 Å². The van der Waals surface area contributed by atoms with Crippen LogP contribution in [-0.2, 0) is 0 Å². The predicted octanol–water partition coefficient (Wildman–Crippen LogP) is 2.74. The zero-order valence-corrected chi connectivity index (χ0v) is 12.2. The minimum atomic E-state index is -1.45. The fourth-order valence-electron chi connectivity index (χ4n) is 2.70. The first-order valence-corrected chi connectivity index (χ1v) is 7.52. The van der Waals surface area contributed by atoms with E-state index in [1.165, 1.54) is 4.57 Å². The average Bonchev–Trinajstić information content (AvgIpc) is 2.88. The number of fused-ring (bicyclic) bond motifs is 3. The molecule has 116 valence electrons. The lowest BCUT2D eigenvalue weighted by atomic mass is 10.1. The number of carbonyl (C=O) groups is 1. The van der Waals surface area contributed by atoms with Crippen molar-refractivity contribution in [3.8, 4) is 5.75 Å². The number of carboxylic acid groups (broad SMARTS) is 1. The van der Waals surface area contributed by atoms with Crippen LogP contribution in [0.3, 0.4) is 0 Å². The first-order valence-electron chi connectivity index (χ1n) is 6.53. The van der Waals surface area contributed by atoms with Crippen LogP contribution in [0.25, 0.3) is 10.9 Å². The molecule has 2 heterocycles. The molecule has 0 aliphatic carbocycles. The van der Waals surface area contributed by atoms with Crippen LogP contribution < -0.4 is 5.43 Å². The van der Waals surface area contributed by atoms with Gasteiger partial charge < -0.3 is 14.8 Å². The molecule has 0 amide bonds. The predicted molar refractivity (Wildman–Crippen MR) is 76.8 cm³/mol. The molecule has 0 saturated heterocycles. The molecule has 5 nitrogen and oxygen atoms in total. The second-order valence-corrected chi connectivity index (χ2v) is 5.98. The molecule has 1 aromatic heterocycles. The number of hydrogen-bond acceptors (Lipinski definition) is 4. The summed E-state index contributed by atoms with van der Waals surface area (Å²) in [6.45, 7) is 1.85. The molecule has 0 bridgehead atoms. The van der Waals surface area contributed by atoms with Gasteiger partial charge >= 0.3 is 5.97 Å². The van der Waals surface area contributed by atoms with E-state index in [1.807, 2.05) is 6.92 Å². The maximum atomic E-state index is 13.7. The SMILES string of the molecule is CCC1CSc2c(C(=O)O)c(=O)c3cc(F)c(F)c(O)c3n21. The first-order chi connectivity index (χ1) is 10.4. The highest BCUT2D eigenvalue weighted by molar-refractivity contribution is 7.99. The smallest absolute Gasteiger partial charge is 0.342 e. The summed E-state index contributed by atoms with van der Waals surface area (Å²) in [5, 5.41) is 19.1. The van der Waals surface area contributed by atoms with E-state index >= 15 is 0 Å². The number of phenols is 1. The number of halogens is 2. The third kappa shape index (κ3) is 1.83. The number of nitrogens with zero attached hydrogens (tertiary/aromatic N) is 1. The van der Waals surface area contributed by atoms with E-state index in [0.29, 0.717) is 18.2 Å². The summed E-state index contributed by atoms with van der Waals surface area (Å²) in [6.07, 6.45) is 0.593. The van der Waals surface area contributed by atoms with Gasteiger partial charge in [0.05, 0.1) is 15.9 Å². The van der Waals surface area contributed by atoms with Gasteiger partial charge in [-0.15, -0.1) is 11.8 Å². The Labute approximate surface area is 127 Å². The van der Waals surface area contributed by atoms with Crippen LogP contribution in [-0.4, -0.2) is 26.5 Å². The third-order valence-electron chi connectivity index (χ3n) is 3.78. The minimum absolute atomic E-state index is 0.152. The van der Waals surface area contributed by atoms with Gasteiger partial charge in [0.2, 0.25) is 11.2 Å². The van der Waals surface area contributed by atoms with Gasteiger partial charge in [-0.05, 0) is 12.5 Å². The zero-order valence-electron chi connectivity index (χ0n) is 11.4.